The van der Waals surface area contributed by atoms with Crippen LogP contribution in [-0.4, -0.2) is 29.5 Å². The minimum Gasteiger partial charge on any atom is -0.441 e. The maximum atomic E-state index is 14.2. The molecule has 2 aromatic carbocycles. The van der Waals surface area contributed by atoms with E-state index >= 15 is 0 Å². The van der Waals surface area contributed by atoms with Gasteiger partial charge in [0, 0.05) is 35.2 Å². The first-order valence-electron chi connectivity index (χ1n) is 9.98. The van der Waals surface area contributed by atoms with Gasteiger partial charge in [-0.2, -0.15) is 13.2 Å². The number of carbonyl (C=O) groups is 2. The topological polar surface area (TPSA) is 84.2 Å². The van der Waals surface area contributed by atoms with Crippen LogP contribution in [0.2, 0.25) is 0 Å². The Balaban J connectivity index is 1.62. The molecule has 0 spiro atoms. The maximum Gasteiger partial charge on any atom is 0.405 e. The second kappa shape index (κ2) is 9.85. The molecule has 0 aliphatic heterocycles. The summed E-state index contributed by atoms with van der Waals surface area (Å²) in [6, 6.07) is 9.59. The number of halogens is 4. The van der Waals surface area contributed by atoms with Crippen molar-refractivity contribution in [2.45, 2.75) is 32.9 Å². The molecule has 0 radical (unpaired) electrons. The molecule has 0 saturated heterocycles. The Morgan fingerprint density at radius 1 is 1.09 bits per heavy atom. The van der Waals surface area contributed by atoms with Crippen molar-refractivity contribution >= 4 is 17.5 Å². The Morgan fingerprint density at radius 2 is 1.79 bits per heavy atom. The molecule has 0 unspecified atom stereocenters. The number of hydrogen-bond donors (Lipinski definition) is 2. The predicted octanol–water partition coefficient (Wildman–Crippen LogP) is 4.96. The first kappa shape index (κ1) is 24.0. The summed E-state index contributed by atoms with van der Waals surface area (Å²) in [7, 11) is 0. The van der Waals surface area contributed by atoms with E-state index in [-0.39, 0.29) is 29.7 Å². The molecular formula is C23H21F4N3O3. The number of aryl methyl sites for hydroxylation is 2. The molecule has 0 aliphatic carbocycles. The average molecular weight is 463 g/mol. The van der Waals surface area contributed by atoms with E-state index in [1.807, 2.05) is 31.2 Å². The zero-order chi connectivity index (χ0) is 24.2. The molecule has 3 rings (SSSR count). The third-order valence-corrected chi connectivity index (χ3v) is 4.79. The number of anilines is 1. The van der Waals surface area contributed by atoms with Crippen LogP contribution in [0.5, 0.6) is 0 Å². The van der Waals surface area contributed by atoms with Gasteiger partial charge in [0.05, 0.1) is 6.20 Å². The van der Waals surface area contributed by atoms with E-state index in [4.69, 9.17) is 4.42 Å². The number of nitrogens with one attached hydrogen (secondary N) is 2. The number of amides is 2. The minimum atomic E-state index is -4.60. The van der Waals surface area contributed by atoms with Gasteiger partial charge >= 0.3 is 6.18 Å². The maximum absolute atomic E-state index is 14.2. The summed E-state index contributed by atoms with van der Waals surface area (Å²) in [4.78, 5) is 28.4. The third-order valence-electron chi connectivity index (χ3n) is 4.79. The van der Waals surface area contributed by atoms with Gasteiger partial charge in [-0.15, -0.1) is 0 Å². The molecule has 1 heterocycles. The van der Waals surface area contributed by atoms with E-state index in [0.717, 1.165) is 23.3 Å². The Kier molecular flexibility index (Phi) is 7.15. The highest BCUT2D eigenvalue weighted by atomic mass is 19.4. The van der Waals surface area contributed by atoms with Crippen LogP contribution in [0, 0.1) is 19.7 Å². The third kappa shape index (κ3) is 6.64. The van der Waals surface area contributed by atoms with Crippen LogP contribution in [0.1, 0.15) is 33.8 Å². The standard InChI is InChI=1S/C23H21F4N3O3/c1-13-3-5-15(6-4-13)19-11-28-21(33-19)8-7-20(31)30-18-10-16(9-17(24)14(18)2)22(32)29-12-23(25,26)27/h3-6,9-11H,7-8,12H2,1-2H3,(H,29,32)(H,30,31). The molecule has 0 aliphatic rings. The zero-order valence-corrected chi connectivity index (χ0v) is 17.8. The molecule has 10 heteroatoms. The molecule has 0 bridgehead atoms. The summed E-state index contributed by atoms with van der Waals surface area (Å²) in [6.07, 6.45) is -2.92. The lowest BCUT2D eigenvalue weighted by Crippen LogP contribution is -2.33. The monoisotopic (exact) mass is 463 g/mol. The number of alkyl halides is 3. The number of aromatic nitrogens is 1. The molecule has 1 aromatic heterocycles. The van der Waals surface area contributed by atoms with E-state index in [1.54, 1.807) is 11.5 Å². The molecule has 33 heavy (non-hydrogen) atoms. The van der Waals surface area contributed by atoms with Crippen molar-refractivity contribution in [3.8, 4) is 11.3 Å². The number of benzene rings is 2. The smallest absolute Gasteiger partial charge is 0.405 e. The quantitative estimate of drug-likeness (QED) is 0.485. The van der Waals surface area contributed by atoms with E-state index in [9.17, 15) is 27.2 Å². The molecule has 0 atom stereocenters. The van der Waals surface area contributed by atoms with Crippen molar-refractivity contribution in [3.05, 3.63) is 71.0 Å². The number of oxazole rings is 1. The number of carbonyl (C=O) groups excluding carboxylic acids is 2. The van der Waals surface area contributed by atoms with Gasteiger partial charge in [-0.3, -0.25) is 9.59 Å². The fourth-order valence-electron chi connectivity index (χ4n) is 2.93. The van der Waals surface area contributed by atoms with Gasteiger partial charge in [0.25, 0.3) is 5.91 Å². The van der Waals surface area contributed by atoms with Crippen LogP contribution in [0.15, 0.2) is 47.0 Å². The number of rotatable bonds is 7. The van der Waals surface area contributed by atoms with Crippen LogP contribution in [0.25, 0.3) is 11.3 Å². The van der Waals surface area contributed by atoms with Crippen LogP contribution in [-0.2, 0) is 11.2 Å². The molecule has 2 amide bonds. The molecule has 0 fully saturated rings. The largest absolute Gasteiger partial charge is 0.441 e. The van der Waals surface area contributed by atoms with Crippen molar-refractivity contribution in [2.24, 2.45) is 0 Å². The Bertz CT molecular complexity index is 1150. The SMILES string of the molecule is Cc1ccc(-c2cnc(CCC(=O)Nc3cc(C(=O)NCC(F)(F)F)cc(F)c3C)o2)cc1. The first-order chi connectivity index (χ1) is 15.5. The lowest BCUT2D eigenvalue weighted by atomic mass is 10.1. The van der Waals surface area contributed by atoms with Gasteiger partial charge in [-0.25, -0.2) is 9.37 Å². The van der Waals surface area contributed by atoms with Crippen molar-refractivity contribution in [2.75, 3.05) is 11.9 Å². The van der Waals surface area contributed by atoms with E-state index < -0.39 is 30.4 Å². The second-order valence-corrected chi connectivity index (χ2v) is 7.46. The van der Waals surface area contributed by atoms with Crippen molar-refractivity contribution < 1.29 is 31.6 Å². The number of hydrogen-bond acceptors (Lipinski definition) is 4. The van der Waals surface area contributed by atoms with Crippen LogP contribution >= 0.6 is 0 Å². The van der Waals surface area contributed by atoms with Gasteiger partial charge in [0.15, 0.2) is 11.7 Å². The Labute approximate surface area is 187 Å². The summed E-state index contributed by atoms with van der Waals surface area (Å²) in [6.45, 7) is 1.79. The first-order valence-corrected chi connectivity index (χ1v) is 9.98. The molecule has 174 valence electrons. The van der Waals surface area contributed by atoms with Crippen molar-refractivity contribution in [1.82, 2.24) is 10.3 Å². The number of nitrogens with zero attached hydrogens (tertiary/aromatic N) is 1. The fraction of sp³-hybridized carbons (Fsp3) is 0.261. The van der Waals surface area contributed by atoms with E-state index in [1.165, 1.54) is 6.92 Å². The van der Waals surface area contributed by atoms with Gasteiger partial charge in [0.1, 0.15) is 12.4 Å². The van der Waals surface area contributed by atoms with E-state index in [0.29, 0.717) is 11.7 Å². The van der Waals surface area contributed by atoms with Gasteiger partial charge in [-0.05, 0) is 26.0 Å². The van der Waals surface area contributed by atoms with Crippen molar-refractivity contribution in [3.63, 3.8) is 0 Å². The lowest BCUT2D eigenvalue weighted by molar-refractivity contribution is -0.123. The highest BCUT2D eigenvalue weighted by molar-refractivity contribution is 5.97. The second-order valence-electron chi connectivity index (χ2n) is 7.46. The molecular weight excluding hydrogens is 442 g/mol. The van der Waals surface area contributed by atoms with Crippen LogP contribution in [0.4, 0.5) is 23.2 Å². The molecule has 6 nitrogen and oxygen atoms in total. The molecule has 3 aromatic rings. The normalized spacial score (nSPS) is 11.3. The summed E-state index contributed by atoms with van der Waals surface area (Å²) in [5.74, 6) is -1.55. The van der Waals surface area contributed by atoms with Crippen LogP contribution in [0.3, 0.4) is 0 Å². The Hall–Kier alpha value is -3.69. The molecule has 2 N–H and O–H groups in total. The lowest BCUT2D eigenvalue weighted by Gasteiger charge is -2.13. The van der Waals surface area contributed by atoms with Gasteiger partial charge in [-0.1, -0.05) is 29.8 Å². The Morgan fingerprint density at radius 3 is 2.45 bits per heavy atom. The van der Waals surface area contributed by atoms with Gasteiger partial charge < -0.3 is 15.1 Å². The molecule has 0 saturated carbocycles. The highest BCUT2D eigenvalue weighted by Gasteiger charge is 2.28. The average Bonchev–Trinajstić information content (AvgIpc) is 3.22. The van der Waals surface area contributed by atoms with Gasteiger partial charge in [0.2, 0.25) is 5.91 Å². The highest BCUT2D eigenvalue weighted by Crippen LogP contribution is 2.23. The van der Waals surface area contributed by atoms with Crippen LogP contribution < -0.4 is 10.6 Å². The summed E-state index contributed by atoms with van der Waals surface area (Å²) in [5, 5.41) is 4.15. The predicted molar refractivity (Wildman–Crippen MR) is 113 cm³/mol. The summed E-state index contributed by atoms with van der Waals surface area (Å²) >= 11 is 0. The fourth-order valence-corrected chi connectivity index (χ4v) is 2.93. The summed E-state index contributed by atoms with van der Waals surface area (Å²) in [5.41, 5.74) is 1.64. The van der Waals surface area contributed by atoms with Crippen molar-refractivity contribution in [1.29, 1.82) is 0 Å². The minimum absolute atomic E-state index is 0.00935. The zero-order valence-electron chi connectivity index (χ0n) is 17.8. The van der Waals surface area contributed by atoms with E-state index in [2.05, 4.69) is 10.3 Å². The summed E-state index contributed by atoms with van der Waals surface area (Å²) < 4.78 is 56.8.